The summed E-state index contributed by atoms with van der Waals surface area (Å²) in [4.78, 5) is 40.0. The molecule has 3 aliphatic rings. The van der Waals surface area contributed by atoms with Gasteiger partial charge in [0, 0.05) is 4.88 Å². The Kier molecular flexibility index (Phi) is 3.20. The average Bonchev–Trinajstić information content (AvgIpc) is 3.23. The molecule has 4 rings (SSSR count). The maximum absolute atomic E-state index is 12.9. The Hall–Kier alpha value is -1.95. The first kappa shape index (κ1) is 14.6. The van der Waals surface area contributed by atoms with Gasteiger partial charge in [-0.3, -0.25) is 9.59 Å². The van der Waals surface area contributed by atoms with Gasteiger partial charge in [-0.05, 0) is 38.2 Å². The Morgan fingerprint density at radius 1 is 1.26 bits per heavy atom. The van der Waals surface area contributed by atoms with Gasteiger partial charge in [-0.1, -0.05) is 12.2 Å². The van der Waals surface area contributed by atoms with Crippen LogP contribution in [0, 0.1) is 30.6 Å². The fraction of sp³-hybridized carbons (Fsp3) is 0.471. The zero-order valence-corrected chi connectivity index (χ0v) is 13.8. The van der Waals surface area contributed by atoms with E-state index in [1.807, 2.05) is 6.92 Å². The zero-order valence-electron chi connectivity index (χ0n) is 12.9. The molecule has 120 valence electrons. The van der Waals surface area contributed by atoms with E-state index in [-0.39, 0.29) is 42.1 Å². The van der Waals surface area contributed by atoms with Gasteiger partial charge in [0.2, 0.25) is 11.8 Å². The molecule has 2 fully saturated rings. The van der Waals surface area contributed by atoms with Crippen molar-refractivity contribution in [2.75, 3.05) is 11.5 Å². The summed E-state index contributed by atoms with van der Waals surface area (Å²) in [7, 11) is 0. The molecular weight excluding hydrogens is 314 g/mol. The van der Waals surface area contributed by atoms with Gasteiger partial charge < -0.3 is 4.74 Å². The van der Waals surface area contributed by atoms with Crippen LogP contribution in [-0.4, -0.2) is 24.4 Å². The van der Waals surface area contributed by atoms with Gasteiger partial charge in [0.15, 0.2) is 0 Å². The van der Waals surface area contributed by atoms with Crippen LogP contribution in [0.1, 0.15) is 28.6 Å². The van der Waals surface area contributed by atoms with E-state index in [2.05, 4.69) is 12.2 Å². The van der Waals surface area contributed by atoms with Crippen LogP contribution >= 0.6 is 11.3 Å². The number of anilines is 1. The van der Waals surface area contributed by atoms with Crippen molar-refractivity contribution in [1.82, 2.24) is 0 Å². The molecule has 1 saturated carbocycles. The lowest BCUT2D eigenvalue weighted by atomic mass is 9.85. The smallest absolute Gasteiger partial charge is 0.341 e. The van der Waals surface area contributed by atoms with Crippen molar-refractivity contribution in [2.45, 2.75) is 20.3 Å². The molecule has 1 aromatic heterocycles. The minimum absolute atomic E-state index is 0.163. The highest BCUT2D eigenvalue weighted by Gasteiger charge is 2.60. The van der Waals surface area contributed by atoms with E-state index in [1.165, 1.54) is 16.2 Å². The molecule has 4 atom stereocenters. The number of esters is 1. The van der Waals surface area contributed by atoms with Gasteiger partial charge in [-0.25, -0.2) is 9.69 Å². The second-order valence-corrected chi connectivity index (χ2v) is 7.54. The maximum atomic E-state index is 12.9. The van der Waals surface area contributed by atoms with E-state index in [0.29, 0.717) is 10.6 Å². The number of hydrogen-bond acceptors (Lipinski definition) is 5. The molecule has 1 aromatic rings. The fourth-order valence-electron chi connectivity index (χ4n) is 4.13. The summed E-state index contributed by atoms with van der Waals surface area (Å²) < 4.78 is 5.07. The normalized spacial score (nSPS) is 31.1. The van der Waals surface area contributed by atoms with Crippen molar-refractivity contribution in [2.24, 2.45) is 23.7 Å². The van der Waals surface area contributed by atoms with Crippen molar-refractivity contribution in [3.8, 4) is 0 Å². The Bertz CT molecular complexity index is 720. The molecule has 5 nitrogen and oxygen atoms in total. The van der Waals surface area contributed by atoms with Crippen LogP contribution in [-0.2, 0) is 14.3 Å². The first-order valence-corrected chi connectivity index (χ1v) is 8.68. The quantitative estimate of drug-likeness (QED) is 0.485. The molecule has 2 bridgehead atoms. The number of aryl methyl sites for hydroxylation is 1. The highest BCUT2D eigenvalue weighted by molar-refractivity contribution is 7.17. The number of allylic oxidation sites excluding steroid dienone is 2. The number of fused-ring (bicyclic) bond motifs is 5. The molecule has 2 aliphatic carbocycles. The van der Waals surface area contributed by atoms with Gasteiger partial charge in [0.1, 0.15) is 5.00 Å². The summed E-state index contributed by atoms with van der Waals surface area (Å²) in [6, 6.07) is 1.69. The highest BCUT2D eigenvalue weighted by atomic mass is 32.1. The number of carbonyl (C=O) groups excluding carboxylic acids is 3. The Balaban J connectivity index is 1.74. The number of imide groups is 1. The van der Waals surface area contributed by atoms with Crippen molar-refractivity contribution >= 4 is 34.1 Å². The Morgan fingerprint density at radius 2 is 1.87 bits per heavy atom. The predicted molar refractivity (Wildman–Crippen MR) is 85.2 cm³/mol. The van der Waals surface area contributed by atoms with Gasteiger partial charge in [0.25, 0.3) is 0 Å². The van der Waals surface area contributed by atoms with Crippen LogP contribution < -0.4 is 4.90 Å². The summed E-state index contributed by atoms with van der Waals surface area (Å²) in [5.74, 6) is -0.985. The van der Waals surface area contributed by atoms with E-state index in [9.17, 15) is 14.4 Å². The summed E-state index contributed by atoms with van der Waals surface area (Å²) in [6.45, 7) is 3.85. The largest absolute Gasteiger partial charge is 0.462 e. The number of nitrogens with zero attached hydrogens (tertiary/aromatic N) is 1. The molecule has 6 heteroatoms. The summed E-state index contributed by atoms with van der Waals surface area (Å²) in [5.41, 5.74) is 0.316. The van der Waals surface area contributed by atoms with Crippen LogP contribution in [0.4, 0.5) is 5.00 Å². The van der Waals surface area contributed by atoms with Gasteiger partial charge >= 0.3 is 5.97 Å². The van der Waals surface area contributed by atoms with Gasteiger partial charge in [-0.2, -0.15) is 0 Å². The Morgan fingerprint density at radius 3 is 2.43 bits per heavy atom. The molecule has 0 spiro atoms. The van der Waals surface area contributed by atoms with Crippen LogP contribution in [0.15, 0.2) is 18.2 Å². The predicted octanol–water partition coefficient (Wildman–Crippen LogP) is 2.54. The standard InChI is InChI=1S/C17H17NO4S/c1-3-22-17(21)11-6-8(2)23-16(11)18-14(19)12-9-4-5-10(7-9)13(12)15(18)20/h4-6,9-10,12-13H,3,7H2,1-2H3/t9-,10-,12-,13+/m1/s1. The molecule has 1 aliphatic heterocycles. The third-order valence-corrected chi connectivity index (χ3v) is 6.04. The van der Waals surface area contributed by atoms with E-state index in [1.54, 1.807) is 13.0 Å². The van der Waals surface area contributed by atoms with Crippen LogP contribution in [0.2, 0.25) is 0 Å². The van der Waals surface area contributed by atoms with Crippen molar-refractivity contribution in [1.29, 1.82) is 0 Å². The lowest BCUT2D eigenvalue weighted by Gasteiger charge is -2.16. The summed E-state index contributed by atoms with van der Waals surface area (Å²) >= 11 is 1.30. The molecule has 2 heterocycles. The van der Waals surface area contributed by atoms with E-state index in [0.717, 1.165) is 11.3 Å². The number of ether oxygens (including phenoxy) is 1. The number of thiophene rings is 1. The monoisotopic (exact) mass is 331 g/mol. The topological polar surface area (TPSA) is 63.7 Å². The third-order valence-electron chi connectivity index (χ3n) is 5.00. The van der Waals surface area contributed by atoms with E-state index >= 15 is 0 Å². The highest BCUT2D eigenvalue weighted by Crippen LogP contribution is 2.54. The lowest BCUT2D eigenvalue weighted by Crippen LogP contribution is -2.33. The van der Waals surface area contributed by atoms with Crippen molar-refractivity contribution in [3.63, 3.8) is 0 Å². The first-order chi connectivity index (χ1) is 11.0. The summed E-state index contributed by atoms with van der Waals surface area (Å²) in [5, 5.41) is 0.421. The molecular formula is C17H17NO4S. The molecule has 1 saturated heterocycles. The van der Waals surface area contributed by atoms with Crippen LogP contribution in [0.3, 0.4) is 0 Å². The maximum Gasteiger partial charge on any atom is 0.341 e. The van der Waals surface area contributed by atoms with Crippen LogP contribution in [0.25, 0.3) is 0 Å². The average molecular weight is 331 g/mol. The second-order valence-electron chi connectivity index (χ2n) is 6.31. The molecule has 0 radical (unpaired) electrons. The van der Waals surface area contributed by atoms with E-state index < -0.39 is 5.97 Å². The van der Waals surface area contributed by atoms with Gasteiger partial charge in [0.05, 0.1) is 24.0 Å². The molecule has 23 heavy (non-hydrogen) atoms. The number of rotatable bonds is 3. The second kappa shape index (κ2) is 5.03. The molecule has 0 aromatic carbocycles. The first-order valence-electron chi connectivity index (χ1n) is 7.86. The SMILES string of the molecule is CCOC(=O)c1cc(C)sc1N1C(=O)[C@@H]2[C@H](C1=O)[C@@H]1C=C[C@@H]2C1. The van der Waals surface area contributed by atoms with Crippen molar-refractivity contribution in [3.05, 3.63) is 28.7 Å². The molecule has 0 unspecified atom stereocenters. The third kappa shape index (κ3) is 1.94. The minimum atomic E-state index is -0.481. The Labute approximate surface area is 137 Å². The van der Waals surface area contributed by atoms with Crippen molar-refractivity contribution < 1.29 is 19.1 Å². The number of hydrogen-bond donors (Lipinski definition) is 0. The molecule has 0 N–H and O–H groups in total. The number of carbonyl (C=O) groups is 3. The van der Waals surface area contributed by atoms with E-state index in [4.69, 9.17) is 4.74 Å². The van der Waals surface area contributed by atoms with Gasteiger partial charge in [-0.15, -0.1) is 11.3 Å². The fourth-order valence-corrected chi connectivity index (χ4v) is 5.13. The minimum Gasteiger partial charge on any atom is -0.462 e. The number of amides is 2. The zero-order chi connectivity index (χ0) is 16.3. The molecule has 2 amide bonds. The van der Waals surface area contributed by atoms with Crippen LogP contribution in [0.5, 0.6) is 0 Å². The summed E-state index contributed by atoms with van der Waals surface area (Å²) in [6.07, 6.45) is 5.02. The lowest BCUT2D eigenvalue weighted by molar-refractivity contribution is -0.123.